The fraction of sp³-hybridized carbons (Fsp3) is 0.409. The molecule has 34 heavy (non-hydrogen) atoms. The predicted molar refractivity (Wildman–Crippen MR) is 117 cm³/mol. The first-order valence-corrected chi connectivity index (χ1v) is 10.9. The molecule has 2 aromatic rings. The second-order valence-electron chi connectivity index (χ2n) is 8.09. The van der Waals surface area contributed by atoms with Crippen LogP contribution < -0.4 is 21.1 Å². The minimum absolute atomic E-state index is 0.0121. The van der Waals surface area contributed by atoms with Gasteiger partial charge in [-0.2, -0.15) is 4.98 Å². The van der Waals surface area contributed by atoms with Gasteiger partial charge in [-0.05, 0) is 31.9 Å². The monoisotopic (exact) mass is 475 g/mol. The molecule has 0 spiro atoms. The van der Waals surface area contributed by atoms with Crippen LogP contribution in [0.1, 0.15) is 37.7 Å². The van der Waals surface area contributed by atoms with Gasteiger partial charge in [0.25, 0.3) is 5.56 Å². The van der Waals surface area contributed by atoms with Crippen molar-refractivity contribution in [1.29, 1.82) is 0 Å². The van der Waals surface area contributed by atoms with E-state index in [2.05, 4.69) is 20.6 Å². The molecule has 2 amide bonds. The number of esters is 1. The van der Waals surface area contributed by atoms with Crippen LogP contribution in [-0.4, -0.2) is 47.4 Å². The summed E-state index contributed by atoms with van der Waals surface area (Å²) in [4.78, 5) is 58.7. The lowest BCUT2D eigenvalue weighted by atomic mass is 9.92. The third-order valence-corrected chi connectivity index (χ3v) is 5.86. The summed E-state index contributed by atoms with van der Waals surface area (Å²) in [5.41, 5.74) is -0.635. The smallest absolute Gasteiger partial charge is 0.309 e. The summed E-state index contributed by atoms with van der Waals surface area (Å²) in [6.45, 7) is 2.94. The molecule has 2 aliphatic heterocycles. The minimum Gasteiger partial charge on any atom is -0.466 e. The lowest BCUT2D eigenvalue weighted by molar-refractivity contribution is -0.148. The fourth-order valence-electron chi connectivity index (χ4n) is 4.12. The number of amides is 2. The molecule has 2 aliphatic rings. The maximum atomic E-state index is 13.5. The van der Waals surface area contributed by atoms with E-state index < -0.39 is 34.9 Å². The molecule has 4 rings (SSSR count). The third kappa shape index (κ3) is 4.75. The summed E-state index contributed by atoms with van der Waals surface area (Å²) in [5.74, 6) is -4.92. The SMILES string of the molecule is CCOC(=O)C1CCN(c2nc3c(c(=O)[nH]2)[C@@H](C(=O)Nc2ccc(F)c(F)c2)CC(=O)N3)CC1. The van der Waals surface area contributed by atoms with Gasteiger partial charge < -0.3 is 20.3 Å². The average Bonchev–Trinajstić information content (AvgIpc) is 2.80. The number of halogens is 2. The van der Waals surface area contributed by atoms with Crippen LogP contribution in [0.5, 0.6) is 0 Å². The Morgan fingerprint density at radius 2 is 1.94 bits per heavy atom. The number of carbonyl (C=O) groups is 3. The van der Waals surface area contributed by atoms with Crippen molar-refractivity contribution in [2.24, 2.45) is 5.92 Å². The van der Waals surface area contributed by atoms with Crippen molar-refractivity contribution in [3.63, 3.8) is 0 Å². The average molecular weight is 475 g/mol. The van der Waals surface area contributed by atoms with Crippen LogP contribution in [0.15, 0.2) is 23.0 Å². The van der Waals surface area contributed by atoms with Crippen molar-refractivity contribution < 1.29 is 27.9 Å². The van der Waals surface area contributed by atoms with Crippen LogP contribution in [0.3, 0.4) is 0 Å². The summed E-state index contributed by atoms with van der Waals surface area (Å²) in [6, 6.07) is 2.84. The number of fused-ring (bicyclic) bond motifs is 1. The van der Waals surface area contributed by atoms with E-state index in [1.807, 2.05) is 0 Å². The molecule has 0 radical (unpaired) electrons. The summed E-state index contributed by atoms with van der Waals surface area (Å²) in [5, 5.41) is 4.94. The predicted octanol–water partition coefficient (Wildman–Crippen LogP) is 1.89. The zero-order valence-electron chi connectivity index (χ0n) is 18.3. The van der Waals surface area contributed by atoms with Gasteiger partial charge in [0.05, 0.1) is 24.0 Å². The number of hydrogen-bond donors (Lipinski definition) is 3. The number of aromatic amines is 1. The van der Waals surface area contributed by atoms with Gasteiger partial charge in [0.2, 0.25) is 17.8 Å². The summed E-state index contributed by atoms with van der Waals surface area (Å²) in [6.07, 6.45) is 0.730. The lowest BCUT2D eigenvalue weighted by Crippen LogP contribution is -2.41. The zero-order valence-corrected chi connectivity index (χ0v) is 18.3. The quantitative estimate of drug-likeness (QED) is 0.563. The van der Waals surface area contributed by atoms with E-state index in [-0.39, 0.29) is 41.3 Å². The second-order valence-corrected chi connectivity index (χ2v) is 8.09. The molecule has 12 heteroatoms. The Morgan fingerprint density at radius 3 is 2.62 bits per heavy atom. The van der Waals surface area contributed by atoms with Gasteiger partial charge in [-0.15, -0.1) is 0 Å². The van der Waals surface area contributed by atoms with E-state index in [9.17, 15) is 28.0 Å². The third-order valence-electron chi connectivity index (χ3n) is 5.86. The molecule has 0 unspecified atom stereocenters. The Labute approximate surface area is 192 Å². The molecule has 1 fully saturated rings. The lowest BCUT2D eigenvalue weighted by Gasteiger charge is -2.32. The van der Waals surface area contributed by atoms with Crippen molar-refractivity contribution in [2.75, 3.05) is 35.2 Å². The molecule has 1 atom stereocenters. The Balaban J connectivity index is 1.54. The van der Waals surface area contributed by atoms with Crippen molar-refractivity contribution in [1.82, 2.24) is 9.97 Å². The first-order chi connectivity index (χ1) is 16.3. The van der Waals surface area contributed by atoms with Gasteiger partial charge in [0.1, 0.15) is 5.82 Å². The van der Waals surface area contributed by atoms with Crippen molar-refractivity contribution in [2.45, 2.75) is 32.1 Å². The maximum absolute atomic E-state index is 13.5. The molecule has 0 aliphatic carbocycles. The molecule has 1 aromatic carbocycles. The number of piperidine rings is 1. The highest BCUT2D eigenvalue weighted by atomic mass is 19.2. The second kappa shape index (κ2) is 9.57. The maximum Gasteiger partial charge on any atom is 0.309 e. The molecule has 1 aromatic heterocycles. The van der Waals surface area contributed by atoms with Crippen LogP contribution in [0, 0.1) is 17.6 Å². The van der Waals surface area contributed by atoms with E-state index in [0.717, 1.165) is 12.1 Å². The van der Waals surface area contributed by atoms with Gasteiger partial charge in [-0.1, -0.05) is 0 Å². The summed E-state index contributed by atoms with van der Waals surface area (Å²) < 4.78 is 31.7. The molecular formula is C22H23F2N5O5. The van der Waals surface area contributed by atoms with Crippen molar-refractivity contribution in [3.8, 4) is 0 Å². The van der Waals surface area contributed by atoms with Crippen LogP contribution in [0.25, 0.3) is 0 Å². The van der Waals surface area contributed by atoms with E-state index >= 15 is 0 Å². The number of ether oxygens (including phenoxy) is 1. The molecule has 1 saturated heterocycles. The normalized spacial score (nSPS) is 18.1. The Hall–Kier alpha value is -3.83. The van der Waals surface area contributed by atoms with E-state index in [4.69, 9.17) is 4.74 Å². The van der Waals surface area contributed by atoms with E-state index in [1.54, 1.807) is 11.8 Å². The first-order valence-electron chi connectivity index (χ1n) is 10.9. The number of aromatic nitrogens is 2. The van der Waals surface area contributed by atoms with Gasteiger partial charge in [0.15, 0.2) is 11.6 Å². The number of nitrogens with zero attached hydrogens (tertiary/aromatic N) is 2. The van der Waals surface area contributed by atoms with Crippen LogP contribution in [0.4, 0.5) is 26.2 Å². The van der Waals surface area contributed by atoms with Crippen LogP contribution in [-0.2, 0) is 19.1 Å². The number of carbonyl (C=O) groups excluding carboxylic acids is 3. The molecule has 10 nitrogen and oxygen atoms in total. The topological polar surface area (TPSA) is 133 Å². The highest BCUT2D eigenvalue weighted by Crippen LogP contribution is 2.31. The Morgan fingerprint density at radius 1 is 1.21 bits per heavy atom. The Bertz CT molecular complexity index is 1190. The highest BCUT2D eigenvalue weighted by Gasteiger charge is 2.36. The number of rotatable bonds is 5. The van der Waals surface area contributed by atoms with Gasteiger partial charge in [-0.25, -0.2) is 8.78 Å². The fourth-order valence-corrected chi connectivity index (χ4v) is 4.12. The first kappa shape index (κ1) is 23.3. The summed E-state index contributed by atoms with van der Waals surface area (Å²) in [7, 11) is 0. The van der Waals surface area contributed by atoms with Gasteiger partial charge in [0, 0.05) is 31.3 Å². The van der Waals surface area contributed by atoms with Crippen molar-refractivity contribution >= 4 is 35.2 Å². The van der Waals surface area contributed by atoms with Crippen molar-refractivity contribution in [3.05, 3.63) is 45.8 Å². The number of nitrogens with one attached hydrogen (secondary N) is 3. The number of anilines is 3. The number of benzene rings is 1. The van der Waals surface area contributed by atoms with E-state index in [1.165, 1.54) is 6.07 Å². The van der Waals surface area contributed by atoms with E-state index in [0.29, 0.717) is 32.5 Å². The molecule has 3 heterocycles. The molecular weight excluding hydrogens is 452 g/mol. The largest absolute Gasteiger partial charge is 0.466 e. The standard InChI is InChI=1S/C22H23F2N5O5/c1-2-34-21(33)11-5-7-29(8-6-11)22-27-18-17(20(32)28-22)13(10-16(30)26-18)19(31)25-12-3-4-14(23)15(24)9-12/h3-4,9,11,13H,2,5-8,10H2,1H3,(H,25,31)(H2,26,27,28,30,32)/t13-/m0/s1. The highest BCUT2D eigenvalue weighted by molar-refractivity contribution is 6.04. The van der Waals surface area contributed by atoms with Gasteiger partial charge >= 0.3 is 5.97 Å². The zero-order chi connectivity index (χ0) is 24.4. The van der Waals surface area contributed by atoms with Crippen LogP contribution >= 0.6 is 0 Å². The number of hydrogen-bond acceptors (Lipinski definition) is 7. The van der Waals surface area contributed by atoms with Gasteiger partial charge in [-0.3, -0.25) is 24.2 Å². The molecule has 0 saturated carbocycles. The minimum atomic E-state index is -1.17. The summed E-state index contributed by atoms with van der Waals surface area (Å²) >= 11 is 0. The van der Waals surface area contributed by atoms with Crippen LogP contribution in [0.2, 0.25) is 0 Å². The molecule has 0 bridgehead atoms. The molecule has 3 N–H and O–H groups in total. The number of H-pyrrole nitrogens is 1. The molecule has 180 valence electrons. The Kier molecular flexibility index (Phi) is 6.57.